The van der Waals surface area contributed by atoms with E-state index in [1.54, 1.807) is 0 Å². The summed E-state index contributed by atoms with van der Waals surface area (Å²) >= 11 is 0. The number of benzene rings is 9. The number of hydrogen-bond acceptors (Lipinski definition) is 1. The fourth-order valence-corrected chi connectivity index (χ4v) is 9.43. The van der Waals surface area contributed by atoms with Gasteiger partial charge in [-0.1, -0.05) is 153 Å². The highest BCUT2D eigenvalue weighted by Crippen LogP contribution is 2.51. The number of hydrogen-bond donors (Lipinski definition) is 0. The molecule has 11 rings (SSSR count). The van der Waals surface area contributed by atoms with Crippen molar-refractivity contribution < 1.29 is 0 Å². The lowest BCUT2D eigenvalue weighted by molar-refractivity contribution is 0.660. The van der Waals surface area contributed by atoms with Crippen LogP contribution in [-0.4, -0.2) is 4.57 Å². The summed E-state index contributed by atoms with van der Waals surface area (Å²) in [5.41, 5.74) is 19.5. The summed E-state index contributed by atoms with van der Waals surface area (Å²) in [5, 5.41) is 2.49. The number of nitrogens with zero attached hydrogens (tertiary/aromatic N) is 2. The monoisotopic (exact) mass is 754 g/mol. The Morgan fingerprint density at radius 3 is 1.53 bits per heavy atom. The highest BCUT2D eigenvalue weighted by Gasteiger charge is 2.35. The van der Waals surface area contributed by atoms with Gasteiger partial charge in [0.25, 0.3) is 0 Å². The molecule has 0 aliphatic heterocycles. The van der Waals surface area contributed by atoms with E-state index in [0.717, 1.165) is 22.7 Å². The van der Waals surface area contributed by atoms with E-state index in [2.05, 4.69) is 242 Å². The third kappa shape index (κ3) is 5.87. The van der Waals surface area contributed by atoms with Crippen molar-refractivity contribution in [1.82, 2.24) is 4.57 Å². The van der Waals surface area contributed by atoms with Gasteiger partial charge >= 0.3 is 0 Å². The molecule has 0 atom stereocenters. The maximum atomic E-state index is 2.41. The molecule has 2 heteroatoms. The quantitative estimate of drug-likeness (QED) is 0.157. The second-order valence-corrected chi connectivity index (χ2v) is 16.2. The second-order valence-electron chi connectivity index (χ2n) is 16.2. The third-order valence-corrected chi connectivity index (χ3v) is 12.4. The molecule has 0 saturated heterocycles. The van der Waals surface area contributed by atoms with Gasteiger partial charge in [-0.05, 0) is 134 Å². The minimum absolute atomic E-state index is 0.0871. The van der Waals surface area contributed by atoms with Gasteiger partial charge in [-0.3, -0.25) is 0 Å². The molecular weight excluding hydrogens is 713 g/mol. The van der Waals surface area contributed by atoms with Crippen molar-refractivity contribution in [1.29, 1.82) is 0 Å². The first-order valence-corrected chi connectivity index (χ1v) is 20.5. The molecule has 0 spiro atoms. The molecule has 0 unspecified atom stereocenters. The van der Waals surface area contributed by atoms with Crippen LogP contribution in [0, 0.1) is 0 Å². The lowest BCUT2D eigenvalue weighted by Gasteiger charge is -2.28. The Balaban J connectivity index is 1.00. The van der Waals surface area contributed by atoms with E-state index in [4.69, 9.17) is 0 Å². The van der Waals surface area contributed by atoms with Crippen LogP contribution in [0.15, 0.2) is 218 Å². The second kappa shape index (κ2) is 13.9. The van der Waals surface area contributed by atoms with Gasteiger partial charge in [0, 0.05) is 38.9 Å². The maximum Gasteiger partial charge on any atom is 0.0541 e. The lowest BCUT2D eigenvalue weighted by Crippen LogP contribution is -2.16. The van der Waals surface area contributed by atoms with Crippen LogP contribution in [0.2, 0.25) is 0 Å². The van der Waals surface area contributed by atoms with E-state index < -0.39 is 0 Å². The number of anilines is 3. The topological polar surface area (TPSA) is 8.17 Å². The number of para-hydroxylation sites is 2. The van der Waals surface area contributed by atoms with Crippen LogP contribution in [-0.2, 0) is 5.41 Å². The molecule has 1 heterocycles. The van der Waals surface area contributed by atoms with Crippen LogP contribution >= 0.6 is 0 Å². The van der Waals surface area contributed by atoms with Gasteiger partial charge in [-0.25, -0.2) is 0 Å². The zero-order valence-electron chi connectivity index (χ0n) is 33.2. The average Bonchev–Trinajstić information content (AvgIpc) is 3.74. The van der Waals surface area contributed by atoms with Crippen LogP contribution in [0.1, 0.15) is 25.0 Å². The van der Waals surface area contributed by atoms with E-state index in [1.807, 2.05) is 0 Å². The SMILES string of the molecule is CC1(C)c2ccccc2-c2ccc(N(c3ccccc3)c3cccc(-c4cccc(-c5ccc6c(c5)c5cc(-c7ccccc7)ccc5n6-c5ccccc5)c4)c3)cc21. The largest absolute Gasteiger partial charge is 0.310 e. The molecular formula is C57H42N2. The summed E-state index contributed by atoms with van der Waals surface area (Å²) in [6.07, 6.45) is 0. The van der Waals surface area contributed by atoms with Gasteiger partial charge in [0.2, 0.25) is 0 Å². The minimum Gasteiger partial charge on any atom is -0.310 e. The molecule has 280 valence electrons. The van der Waals surface area contributed by atoms with E-state index >= 15 is 0 Å². The fraction of sp³-hybridized carbons (Fsp3) is 0.0526. The Bertz CT molecular complexity index is 3170. The van der Waals surface area contributed by atoms with Gasteiger partial charge in [0.15, 0.2) is 0 Å². The summed E-state index contributed by atoms with van der Waals surface area (Å²) in [7, 11) is 0. The summed E-state index contributed by atoms with van der Waals surface area (Å²) in [6.45, 7) is 4.70. The Labute approximate surface area is 345 Å². The van der Waals surface area contributed by atoms with Gasteiger partial charge in [0.1, 0.15) is 0 Å². The molecule has 1 aromatic heterocycles. The van der Waals surface area contributed by atoms with E-state index in [0.29, 0.717) is 0 Å². The molecule has 1 aliphatic carbocycles. The molecule has 0 fully saturated rings. The van der Waals surface area contributed by atoms with Gasteiger partial charge in [-0.15, -0.1) is 0 Å². The molecule has 2 nitrogen and oxygen atoms in total. The molecule has 0 saturated carbocycles. The van der Waals surface area contributed by atoms with Crippen LogP contribution in [0.5, 0.6) is 0 Å². The number of fused-ring (bicyclic) bond motifs is 6. The predicted octanol–water partition coefficient (Wildman–Crippen LogP) is 15.6. The number of rotatable bonds is 7. The minimum atomic E-state index is -0.0871. The summed E-state index contributed by atoms with van der Waals surface area (Å²) in [4.78, 5) is 2.40. The Morgan fingerprint density at radius 1 is 0.339 bits per heavy atom. The molecule has 9 aromatic carbocycles. The van der Waals surface area contributed by atoms with Crippen LogP contribution in [0.25, 0.3) is 72.0 Å². The van der Waals surface area contributed by atoms with Crippen molar-refractivity contribution in [3.8, 4) is 50.2 Å². The molecule has 0 amide bonds. The van der Waals surface area contributed by atoms with Gasteiger partial charge < -0.3 is 9.47 Å². The van der Waals surface area contributed by atoms with Crippen molar-refractivity contribution in [2.45, 2.75) is 19.3 Å². The molecule has 0 N–H and O–H groups in total. The first-order valence-electron chi connectivity index (χ1n) is 20.5. The first-order chi connectivity index (χ1) is 29.0. The normalized spacial score (nSPS) is 12.7. The molecule has 0 radical (unpaired) electrons. The summed E-state index contributed by atoms with van der Waals surface area (Å²) < 4.78 is 2.39. The molecule has 59 heavy (non-hydrogen) atoms. The Hall–Kier alpha value is -7.42. The zero-order valence-corrected chi connectivity index (χ0v) is 33.2. The van der Waals surface area contributed by atoms with E-state index in [1.165, 1.54) is 77.4 Å². The predicted molar refractivity (Wildman–Crippen MR) is 249 cm³/mol. The maximum absolute atomic E-state index is 2.41. The zero-order chi connectivity index (χ0) is 39.5. The van der Waals surface area contributed by atoms with Crippen molar-refractivity contribution in [3.63, 3.8) is 0 Å². The average molecular weight is 755 g/mol. The Kier molecular flexibility index (Phi) is 8.20. The third-order valence-electron chi connectivity index (χ3n) is 12.4. The van der Waals surface area contributed by atoms with Crippen LogP contribution in [0.4, 0.5) is 17.1 Å². The number of aromatic nitrogens is 1. The fourth-order valence-electron chi connectivity index (χ4n) is 9.43. The highest BCUT2D eigenvalue weighted by molar-refractivity contribution is 6.11. The highest BCUT2D eigenvalue weighted by atomic mass is 15.1. The first kappa shape index (κ1) is 34.8. The van der Waals surface area contributed by atoms with E-state index in [-0.39, 0.29) is 5.41 Å². The van der Waals surface area contributed by atoms with Gasteiger partial charge in [0.05, 0.1) is 11.0 Å². The van der Waals surface area contributed by atoms with Crippen LogP contribution < -0.4 is 4.90 Å². The van der Waals surface area contributed by atoms with Gasteiger partial charge in [-0.2, -0.15) is 0 Å². The molecule has 10 aromatic rings. The van der Waals surface area contributed by atoms with Crippen molar-refractivity contribution in [2.24, 2.45) is 0 Å². The van der Waals surface area contributed by atoms with Crippen molar-refractivity contribution in [2.75, 3.05) is 4.90 Å². The van der Waals surface area contributed by atoms with E-state index in [9.17, 15) is 0 Å². The summed E-state index contributed by atoms with van der Waals surface area (Å²) in [6, 6.07) is 79.8. The van der Waals surface area contributed by atoms with Crippen molar-refractivity contribution in [3.05, 3.63) is 230 Å². The summed E-state index contributed by atoms with van der Waals surface area (Å²) in [5.74, 6) is 0. The lowest BCUT2D eigenvalue weighted by atomic mass is 9.82. The van der Waals surface area contributed by atoms with Crippen molar-refractivity contribution >= 4 is 38.9 Å². The Morgan fingerprint density at radius 2 is 0.831 bits per heavy atom. The molecule has 1 aliphatic rings. The molecule has 0 bridgehead atoms. The smallest absolute Gasteiger partial charge is 0.0541 e. The van der Waals surface area contributed by atoms with Crippen LogP contribution in [0.3, 0.4) is 0 Å². The standard InChI is InChI=1S/C57H42N2/c1-57(2)53-27-13-12-26-49(53)50-31-30-48(38-54(50)57)58(45-21-8-4-9-22-45)47-25-15-20-42(35-47)40-18-14-19-41(34-40)44-29-33-56-52(37-44)51-36-43(39-16-6-3-7-17-39)28-32-55(51)59(56)46-23-10-5-11-24-46/h3-38H,1-2H3.